The Morgan fingerprint density at radius 3 is 2.65 bits per heavy atom. The quantitative estimate of drug-likeness (QED) is 0.753. The van der Waals surface area contributed by atoms with E-state index in [-0.39, 0.29) is 37.4 Å². The van der Waals surface area contributed by atoms with Crippen LogP contribution in [0.2, 0.25) is 0 Å². The highest BCUT2D eigenvalue weighted by molar-refractivity contribution is 7.89. The van der Waals surface area contributed by atoms with Gasteiger partial charge in [0.1, 0.15) is 0 Å². The van der Waals surface area contributed by atoms with Crippen LogP contribution in [-0.2, 0) is 32.4 Å². The largest absolute Gasteiger partial charge is 0.383 e. The Labute approximate surface area is 153 Å². The molecule has 1 amide bonds. The van der Waals surface area contributed by atoms with Gasteiger partial charge in [0.05, 0.1) is 11.5 Å². The van der Waals surface area contributed by atoms with Crippen LogP contribution < -0.4 is 5.32 Å². The second kappa shape index (κ2) is 7.62. The molecule has 2 aliphatic rings. The molecular formula is C18H25FN2O4S. The zero-order valence-electron chi connectivity index (χ0n) is 15.0. The van der Waals surface area contributed by atoms with E-state index in [2.05, 4.69) is 5.32 Å². The van der Waals surface area contributed by atoms with Gasteiger partial charge in [0.2, 0.25) is 10.0 Å². The summed E-state index contributed by atoms with van der Waals surface area (Å²) < 4.78 is 46.7. The average Bonchev–Trinajstić information content (AvgIpc) is 3.10. The van der Waals surface area contributed by atoms with Gasteiger partial charge in [-0.1, -0.05) is 6.07 Å². The average molecular weight is 384 g/mol. The summed E-state index contributed by atoms with van der Waals surface area (Å²) in [5.41, 5.74) is 0.260. The number of sulfonamides is 1. The minimum Gasteiger partial charge on any atom is -0.383 e. The molecule has 1 aliphatic carbocycles. The first-order valence-corrected chi connectivity index (χ1v) is 10.4. The number of ether oxygens (including phenoxy) is 1. The molecule has 0 aromatic heterocycles. The van der Waals surface area contributed by atoms with Crippen LogP contribution in [0.15, 0.2) is 23.1 Å². The molecule has 0 spiro atoms. The maximum Gasteiger partial charge on any atom is 0.257 e. The summed E-state index contributed by atoms with van der Waals surface area (Å²) in [6.45, 7) is 0.528. The molecule has 3 rings (SSSR count). The summed E-state index contributed by atoms with van der Waals surface area (Å²) in [5.74, 6) is -0.691. The molecule has 0 bridgehead atoms. The number of methoxy groups -OCH3 is 1. The van der Waals surface area contributed by atoms with Crippen LogP contribution in [-0.4, -0.2) is 57.6 Å². The first-order valence-electron chi connectivity index (χ1n) is 8.95. The fraction of sp³-hybridized carbons (Fsp3) is 0.611. The Bertz CT molecular complexity index is 773. The molecule has 1 N–H and O–H groups in total. The van der Waals surface area contributed by atoms with Crippen molar-refractivity contribution in [3.05, 3.63) is 29.3 Å². The van der Waals surface area contributed by atoms with Crippen molar-refractivity contribution in [2.45, 2.75) is 42.7 Å². The first kappa shape index (κ1) is 19.3. The predicted molar refractivity (Wildman–Crippen MR) is 95.2 cm³/mol. The number of nitrogens with zero attached hydrogens (tertiary/aromatic N) is 1. The zero-order chi connectivity index (χ0) is 18.8. The number of piperidine rings is 1. The van der Waals surface area contributed by atoms with Gasteiger partial charge < -0.3 is 10.1 Å². The van der Waals surface area contributed by atoms with Crippen molar-refractivity contribution < 1.29 is 22.3 Å². The van der Waals surface area contributed by atoms with E-state index in [1.807, 2.05) is 6.07 Å². The molecule has 6 nitrogen and oxygen atoms in total. The molecule has 1 aromatic carbocycles. The fourth-order valence-electron chi connectivity index (χ4n) is 3.59. The van der Waals surface area contributed by atoms with E-state index >= 15 is 0 Å². The highest BCUT2D eigenvalue weighted by Gasteiger charge is 2.44. The van der Waals surface area contributed by atoms with Crippen molar-refractivity contribution in [3.8, 4) is 0 Å². The molecule has 0 atom stereocenters. The van der Waals surface area contributed by atoms with Gasteiger partial charge in [-0.2, -0.15) is 4.31 Å². The number of carbonyl (C=O) groups excluding carboxylic acids is 1. The van der Waals surface area contributed by atoms with Crippen LogP contribution in [0, 0.1) is 0 Å². The van der Waals surface area contributed by atoms with Gasteiger partial charge in [-0.15, -0.1) is 0 Å². The minimum atomic E-state index is -3.67. The molecule has 1 aliphatic heterocycles. The second-order valence-electron chi connectivity index (χ2n) is 6.90. The maximum absolute atomic E-state index is 14.9. The molecule has 26 heavy (non-hydrogen) atoms. The van der Waals surface area contributed by atoms with Crippen molar-refractivity contribution in [2.75, 3.05) is 33.4 Å². The highest BCUT2D eigenvalue weighted by atomic mass is 32.2. The number of aryl methyl sites for hydroxylation is 2. The Morgan fingerprint density at radius 2 is 1.96 bits per heavy atom. The van der Waals surface area contributed by atoms with Gasteiger partial charge in [0.15, 0.2) is 5.67 Å². The Kier molecular flexibility index (Phi) is 5.64. The van der Waals surface area contributed by atoms with Crippen LogP contribution in [0.3, 0.4) is 0 Å². The number of rotatable bonds is 6. The van der Waals surface area contributed by atoms with Crippen molar-refractivity contribution in [1.82, 2.24) is 9.62 Å². The van der Waals surface area contributed by atoms with Crippen LogP contribution in [0.1, 0.15) is 30.4 Å². The number of halogens is 1. The van der Waals surface area contributed by atoms with E-state index in [9.17, 15) is 17.6 Å². The van der Waals surface area contributed by atoms with Gasteiger partial charge in [0, 0.05) is 39.6 Å². The van der Waals surface area contributed by atoms with E-state index < -0.39 is 21.6 Å². The summed E-state index contributed by atoms with van der Waals surface area (Å²) >= 11 is 0. The van der Waals surface area contributed by atoms with Crippen LogP contribution in [0.5, 0.6) is 0 Å². The lowest BCUT2D eigenvalue weighted by molar-refractivity contribution is -0.135. The molecular weight excluding hydrogens is 359 g/mol. The van der Waals surface area contributed by atoms with Gasteiger partial charge >= 0.3 is 0 Å². The lowest BCUT2D eigenvalue weighted by Crippen LogP contribution is -2.52. The third-order valence-corrected chi connectivity index (χ3v) is 7.12. The monoisotopic (exact) mass is 384 g/mol. The molecule has 8 heteroatoms. The summed E-state index contributed by atoms with van der Waals surface area (Å²) in [4.78, 5) is 12.3. The van der Waals surface area contributed by atoms with Crippen molar-refractivity contribution in [3.63, 3.8) is 0 Å². The third kappa shape index (κ3) is 3.77. The normalized spacial score (nSPS) is 19.9. The number of nitrogens with one attached hydrogen (secondary N) is 1. The summed E-state index contributed by atoms with van der Waals surface area (Å²) in [6.07, 6.45) is 2.65. The molecule has 0 saturated carbocycles. The third-order valence-electron chi connectivity index (χ3n) is 5.22. The number of fused-ring (bicyclic) bond motifs is 1. The lowest BCUT2D eigenvalue weighted by Gasteiger charge is -2.34. The molecule has 144 valence electrons. The molecule has 1 fully saturated rings. The van der Waals surface area contributed by atoms with Gasteiger partial charge in [-0.25, -0.2) is 12.8 Å². The smallest absolute Gasteiger partial charge is 0.257 e. The van der Waals surface area contributed by atoms with Gasteiger partial charge in [0.25, 0.3) is 5.91 Å². The Morgan fingerprint density at radius 1 is 1.27 bits per heavy atom. The van der Waals surface area contributed by atoms with E-state index in [0.717, 1.165) is 24.8 Å². The summed E-state index contributed by atoms with van der Waals surface area (Å²) in [6, 6.07) is 5.25. The number of hydrogen-bond donors (Lipinski definition) is 1. The number of alkyl halides is 1. The Hall–Kier alpha value is -1.51. The zero-order valence-corrected chi connectivity index (χ0v) is 15.8. The molecule has 1 saturated heterocycles. The number of carbonyl (C=O) groups is 1. The standard InChI is InChI=1S/C18H25FN2O4S/c1-25-12-9-20-17(22)18(19)7-10-21(11-8-18)26(23,24)16-6-5-14-3-2-4-15(14)13-16/h5-6,13H,2-4,7-12H2,1H3,(H,20,22). The molecule has 0 unspecified atom stereocenters. The summed E-state index contributed by atoms with van der Waals surface area (Å²) in [5, 5.41) is 2.50. The highest BCUT2D eigenvalue weighted by Crippen LogP contribution is 2.31. The lowest BCUT2D eigenvalue weighted by atomic mass is 9.93. The topological polar surface area (TPSA) is 75.7 Å². The first-order chi connectivity index (χ1) is 12.4. The van der Waals surface area contributed by atoms with E-state index in [4.69, 9.17) is 4.74 Å². The van der Waals surface area contributed by atoms with Gasteiger partial charge in [-0.3, -0.25) is 4.79 Å². The molecule has 1 aromatic rings. The number of amides is 1. The van der Waals surface area contributed by atoms with E-state index in [1.165, 1.54) is 17.0 Å². The molecule has 0 radical (unpaired) electrons. The number of benzene rings is 1. The SMILES string of the molecule is COCCNC(=O)C1(F)CCN(S(=O)(=O)c2ccc3c(c2)CCC3)CC1. The van der Waals surface area contributed by atoms with E-state index in [0.29, 0.717) is 6.61 Å². The second-order valence-corrected chi connectivity index (χ2v) is 8.84. The molecule has 1 heterocycles. The van der Waals surface area contributed by atoms with Crippen molar-refractivity contribution >= 4 is 15.9 Å². The minimum absolute atomic E-state index is 0.00633. The van der Waals surface area contributed by atoms with Crippen molar-refractivity contribution in [2.24, 2.45) is 0 Å². The fourth-order valence-corrected chi connectivity index (χ4v) is 5.08. The van der Waals surface area contributed by atoms with E-state index in [1.54, 1.807) is 12.1 Å². The van der Waals surface area contributed by atoms with Crippen LogP contribution in [0.25, 0.3) is 0 Å². The van der Waals surface area contributed by atoms with Gasteiger partial charge in [-0.05, 0) is 42.5 Å². The van der Waals surface area contributed by atoms with Crippen molar-refractivity contribution in [1.29, 1.82) is 0 Å². The van der Waals surface area contributed by atoms with Crippen LogP contribution in [0.4, 0.5) is 4.39 Å². The maximum atomic E-state index is 14.9. The number of hydrogen-bond acceptors (Lipinski definition) is 4. The summed E-state index contributed by atoms with van der Waals surface area (Å²) in [7, 11) is -2.17. The predicted octanol–water partition coefficient (Wildman–Crippen LogP) is 1.43. The Balaban J connectivity index is 1.66. The van der Waals surface area contributed by atoms with Crippen LogP contribution >= 0.6 is 0 Å².